The predicted octanol–water partition coefficient (Wildman–Crippen LogP) is 4.81. The van der Waals surface area contributed by atoms with Gasteiger partial charge < -0.3 is 10.2 Å². The minimum absolute atomic E-state index is 0.0321. The Morgan fingerprint density at radius 1 is 1.03 bits per heavy atom. The van der Waals surface area contributed by atoms with E-state index in [9.17, 15) is 9.59 Å². The van der Waals surface area contributed by atoms with Crippen molar-refractivity contribution in [1.29, 1.82) is 0 Å². The first-order valence-electron chi connectivity index (χ1n) is 10.0. The van der Waals surface area contributed by atoms with E-state index in [2.05, 4.69) is 5.32 Å². The van der Waals surface area contributed by atoms with Gasteiger partial charge in [-0.25, -0.2) is 0 Å². The first kappa shape index (κ1) is 23.0. The fraction of sp³-hybridized carbons (Fsp3) is 0.417. The molecule has 0 heterocycles. The van der Waals surface area contributed by atoms with Gasteiger partial charge in [0.15, 0.2) is 0 Å². The zero-order chi connectivity index (χ0) is 21.4. The summed E-state index contributed by atoms with van der Waals surface area (Å²) in [6, 6.07) is 17.5. The lowest BCUT2D eigenvalue weighted by Gasteiger charge is -2.33. The van der Waals surface area contributed by atoms with E-state index >= 15 is 0 Å². The van der Waals surface area contributed by atoms with Gasteiger partial charge in [-0.1, -0.05) is 55.0 Å². The summed E-state index contributed by atoms with van der Waals surface area (Å²) in [5, 5.41) is 3.03. The van der Waals surface area contributed by atoms with E-state index in [1.54, 1.807) is 4.90 Å². The van der Waals surface area contributed by atoms with Crippen molar-refractivity contribution in [2.45, 2.75) is 64.1 Å². The van der Waals surface area contributed by atoms with Crippen LogP contribution in [0.2, 0.25) is 0 Å². The van der Waals surface area contributed by atoms with Crippen LogP contribution in [0.25, 0.3) is 0 Å². The highest BCUT2D eigenvalue weighted by atomic mass is 32.2. The molecule has 5 heteroatoms. The van der Waals surface area contributed by atoms with Crippen LogP contribution in [-0.2, 0) is 16.1 Å². The Labute approximate surface area is 179 Å². The van der Waals surface area contributed by atoms with Crippen LogP contribution in [0.1, 0.15) is 45.2 Å². The van der Waals surface area contributed by atoms with Crippen LogP contribution >= 0.6 is 11.8 Å². The molecule has 1 atom stereocenters. The molecule has 156 valence electrons. The maximum absolute atomic E-state index is 13.2. The molecular formula is C24H32N2O2S. The van der Waals surface area contributed by atoms with E-state index in [1.807, 2.05) is 89.2 Å². The highest BCUT2D eigenvalue weighted by Crippen LogP contribution is 2.20. The normalized spacial score (nSPS) is 12.3. The number of hydrogen-bond acceptors (Lipinski definition) is 3. The van der Waals surface area contributed by atoms with E-state index in [4.69, 9.17) is 0 Å². The Hall–Kier alpha value is -2.27. The molecule has 0 radical (unpaired) electrons. The Bertz CT molecular complexity index is 798. The van der Waals surface area contributed by atoms with Crippen molar-refractivity contribution in [1.82, 2.24) is 10.2 Å². The smallest absolute Gasteiger partial charge is 0.243 e. The number of carbonyl (C=O) groups is 2. The number of aryl methyl sites for hydroxylation is 1. The van der Waals surface area contributed by atoms with Gasteiger partial charge in [0, 0.05) is 17.0 Å². The molecule has 0 saturated heterocycles. The topological polar surface area (TPSA) is 49.4 Å². The molecule has 0 spiro atoms. The molecule has 0 fully saturated rings. The molecule has 4 nitrogen and oxygen atoms in total. The Morgan fingerprint density at radius 3 is 2.21 bits per heavy atom. The number of carbonyl (C=O) groups excluding carboxylic acids is 2. The minimum Gasteiger partial charge on any atom is -0.350 e. The molecule has 2 aromatic rings. The Kier molecular flexibility index (Phi) is 8.32. The average Bonchev–Trinajstić information content (AvgIpc) is 2.67. The number of benzene rings is 2. The zero-order valence-electron chi connectivity index (χ0n) is 18.1. The molecule has 1 unspecified atom stereocenters. The molecule has 29 heavy (non-hydrogen) atoms. The predicted molar refractivity (Wildman–Crippen MR) is 121 cm³/mol. The van der Waals surface area contributed by atoms with Gasteiger partial charge in [-0.15, -0.1) is 11.8 Å². The lowest BCUT2D eigenvalue weighted by atomic mass is 10.1. The second-order valence-corrected chi connectivity index (χ2v) is 9.32. The van der Waals surface area contributed by atoms with Crippen molar-refractivity contribution in [2.75, 3.05) is 5.75 Å². The fourth-order valence-electron chi connectivity index (χ4n) is 3.01. The number of rotatable bonds is 8. The van der Waals surface area contributed by atoms with Gasteiger partial charge in [-0.05, 0) is 51.8 Å². The van der Waals surface area contributed by atoms with Crippen molar-refractivity contribution in [3.8, 4) is 0 Å². The van der Waals surface area contributed by atoms with Crippen molar-refractivity contribution in [3.05, 3.63) is 65.7 Å². The van der Waals surface area contributed by atoms with Crippen molar-refractivity contribution in [2.24, 2.45) is 0 Å². The third kappa shape index (κ3) is 7.58. The summed E-state index contributed by atoms with van der Waals surface area (Å²) in [4.78, 5) is 28.9. The lowest BCUT2D eigenvalue weighted by molar-refractivity contribution is -0.140. The van der Waals surface area contributed by atoms with Gasteiger partial charge in [0.2, 0.25) is 11.8 Å². The van der Waals surface area contributed by atoms with Gasteiger partial charge in [0.1, 0.15) is 6.04 Å². The highest BCUT2D eigenvalue weighted by Gasteiger charge is 2.30. The van der Waals surface area contributed by atoms with E-state index in [-0.39, 0.29) is 17.4 Å². The molecule has 0 bridgehead atoms. The molecule has 0 aliphatic rings. The number of nitrogens with one attached hydrogen (secondary N) is 1. The highest BCUT2D eigenvalue weighted by molar-refractivity contribution is 8.00. The van der Waals surface area contributed by atoms with Crippen LogP contribution in [0.5, 0.6) is 0 Å². The largest absolute Gasteiger partial charge is 0.350 e. The fourth-order valence-corrected chi connectivity index (χ4v) is 3.81. The van der Waals surface area contributed by atoms with Crippen LogP contribution in [0.15, 0.2) is 59.5 Å². The summed E-state index contributed by atoms with van der Waals surface area (Å²) >= 11 is 1.50. The first-order chi connectivity index (χ1) is 13.7. The monoisotopic (exact) mass is 412 g/mol. The lowest BCUT2D eigenvalue weighted by Crippen LogP contribution is -2.53. The third-order valence-electron chi connectivity index (χ3n) is 4.46. The third-order valence-corrected chi connectivity index (χ3v) is 5.46. The molecule has 0 aliphatic carbocycles. The van der Waals surface area contributed by atoms with Gasteiger partial charge in [0.05, 0.1) is 5.75 Å². The van der Waals surface area contributed by atoms with Crippen molar-refractivity contribution in [3.63, 3.8) is 0 Å². The Morgan fingerprint density at radius 2 is 1.66 bits per heavy atom. The number of nitrogens with zero attached hydrogens (tertiary/aromatic N) is 1. The molecule has 2 rings (SSSR count). The molecule has 0 saturated carbocycles. The maximum Gasteiger partial charge on any atom is 0.243 e. The SMILES string of the molecule is CCC(C(=O)NC(C)(C)C)N(Cc1ccc(C)cc1)C(=O)CSc1ccccc1. The molecular weight excluding hydrogens is 380 g/mol. The summed E-state index contributed by atoms with van der Waals surface area (Å²) < 4.78 is 0. The van der Waals surface area contributed by atoms with Gasteiger partial charge >= 0.3 is 0 Å². The van der Waals surface area contributed by atoms with Crippen LogP contribution < -0.4 is 5.32 Å². The molecule has 0 aliphatic heterocycles. The summed E-state index contributed by atoms with van der Waals surface area (Å²) in [5.41, 5.74) is 1.85. The minimum atomic E-state index is -0.501. The van der Waals surface area contributed by atoms with E-state index in [0.717, 1.165) is 10.5 Å². The van der Waals surface area contributed by atoms with Crippen LogP contribution in [-0.4, -0.2) is 34.0 Å². The number of amides is 2. The van der Waals surface area contributed by atoms with Gasteiger partial charge in [-0.3, -0.25) is 9.59 Å². The molecule has 2 aromatic carbocycles. The summed E-state index contributed by atoms with van der Waals surface area (Å²) in [6.45, 7) is 10.3. The molecule has 2 amide bonds. The van der Waals surface area contributed by atoms with Gasteiger partial charge in [0.25, 0.3) is 0 Å². The number of hydrogen-bond donors (Lipinski definition) is 1. The van der Waals surface area contributed by atoms with E-state index < -0.39 is 6.04 Å². The standard InChI is InChI=1S/C24H32N2O2S/c1-6-21(23(28)25-24(3,4)5)26(16-19-14-12-18(2)13-15-19)22(27)17-29-20-10-8-7-9-11-20/h7-15,21H,6,16-17H2,1-5H3,(H,25,28). The summed E-state index contributed by atoms with van der Waals surface area (Å²) in [5.74, 6) is 0.162. The van der Waals surface area contributed by atoms with E-state index in [0.29, 0.717) is 18.7 Å². The second-order valence-electron chi connectivity index (χ2n) is 8.27. The first-order valence-corrected chi connectivity index (χ1v) is 11.0. The quantitative estimate of drug-likeness (QED) is 0.633. The maximum atomic E-state index is 13.2. The summed E-state index contributed by atoms with van der Waals surface area (Å²) in [7, 11) is 0. The average molecular weight is 413 g/mol. The van der Waals surface area contributed by atoms with Crippen molar-refractivity contribution >= 4 is 23.6 Å². The zero-order valence-corrected chi connectivity index (χ0v) is 18.9. The Balaban J connectivity index is 2.21. The van der Waals surface area contributed by atoms with Crippen molar-refractivity contribution < 1.29 is 9.59 Å². The van der Waals surface area contributed by atoms with Crippen LogP contribution in [0.4, 0.5) is 0 Å². The van der Waals surface area contributed by atoms with Gasteiger partial charge in [-0.2, -0.15) is 0 Å². The van der Waals surface area contributed by atoms with E-state index in [1.165, 1.54) is 17.3 Å². The van der Waals surface area contributed by atoms with Crippen LogP contribution in [0, 0.1) is 6.92 Å². The molecule has 1 N–H and O–H groups in total. The second kappa shape index (κ2) is 10.5. The number of thioether (sulfide) groups is 1. The van der Waals surface area contributed by atoms with Crippen LogP contribution in [0.3, 0.4) is 0 Å². The summed E-state index contributed by atoms with van der Waals surface area (Å²) in [6.07, 6.45) is 0.565. The molecule has 0 aromatic heterocycles.